The van der Waals surface area contributed by atoms with Crippen molar-refractivity contribution in [2.75, 3.05) is 17.7 Å². The number of nitrogens with one attached hydrogen (secondary N) is 2. The number of benzene rings is 1. The van der Waals surface area contributed by atoms with Crippen molar-refractivity contribution in [3.63, 3.8) is 0 Å². The Labute approximate surface area is 106 Å². The maximum atomic E-state index is 8.73. The summed E-state index contributed by atoms with van der Waals surface area (Å²) in [7, 11) is 1.82. The van der Waals surface area contributed by atoms with Crippen molar-refractivity contribution in [1.82, 2.24) is 9.97 Å². The Kier molecular flexibility index (Phi) is 3.39. The highest BCUT2D eigenvalue weighted by molar-refractivity contribution is 5.64. The predicted octanol–water partition coefficient (Wildman–Crippen LogP) is 2.44. The Bertz CT molecular complexity index is 583. The van der Waals surface area contributed by atoms with Crippen molar-refractivity contribution in [1.29, 1.82) is 5.26 Å². The summed E-state index contributed by atoms with van der Waals surface area (Å²) in [6.07, 6.45) is 1.50. The fourth-order valence-corrected chi connectivity index (χ4v) is 1.59. The summed E-state index contributed by atoms with van der Waals surface area (Å²) in [5.74, 6) is 1.54. The zero-order valence-electron chi connectivity index (χ0n) is 10.2. The molecule has 0 saturated heterocycles. The molecule has 0 spiro atoms. The van der Waals surface area contributed by atoms with Gasteiger partial charge in [-0.2, -0.15) is 5.26 Å². The third-order valence-corrected chi connectivity index (χ3v) is 2.60. The molecule has 2 aromatic rings. The Hall–Kier alpha value is -2.61. The van der Waals surface area contributed by atoms with Crippen molar-refractivity contribution >= 4 is 17.3 Å². The first kappa shape index (κ1) is 11.9. The summed E-state index contributed by atoms with van der Waals surface area (Å²) in [4.78, 5) is 8.32. The van der Waals surface area contributed by atoms with Crippen LogP contribution in [0.25, 0.3) is 0 Å². The standard InChI is InChI=1S/C13H13N5/c1-9-12(15-2)16-8-17-13(9)18-11-5-3-10(7-14)4-6-11/h3-6,8H,1-2H3,(H2,15,16,17,18). The predicted molar refractivity (Wildman–Crippen MR) is 70.8 cm³/mol. The van der Waals surface area contributed by atoms with Gasteiger partial charge >= 0.3 is 0 Å². The molecular weight excluding hydrogens is 226 g/mol. The Balaban J connectivity index is 2.26. The van der Waals surface area contributed by atoms with Gasteiger partial charge in [-0.1, -0.05) is 0 Å². The number of hydrogen-bond acceptors (Lipinski definition) is 5. The molecule has 2 rings (SSSR count). The van der Waals surface area contributed by atoms with E-state index in [1.165, 1.54) is 6.33 Å². The quantitative estimate of drug-likeness (QED) is 0.860. The zero-order chi connectivity index (χ0) is 13.0. The lowest BCUT2D eigenvalue weighted by Gasteiger charge is -2.10. The molecule has 1 heterocycles. The topological polar surface area (TPSA) is 73.6 Å². The van der Waals surface area contributed by atoms with Crippen molar-refractivity contribution in [3.05, 3.63) is 41.7 Å². The van der Waals surface area contributed by atoms with Crippen LogP contribution in [-0.4, -0.2) is 17.0 Å². The minimum atomic E-state index is 0.635. The molecular formula is C13H13N5. The SMILES string of the molecule is CNc1ncnc(Nc2ccc(C#N)cc2)c1C. The number of anilines is 3. The van der Waals surface area contributed by atoms with E-state index in [0.29, 0.717) is 5.56 Å². The Morgan fingerprint density at radius 2 is 1.78 bits per heavy atom. The van der Waals surface area contributed by atoms with E-state index in [-0.39, 0.29) is 0 Å². The lowest BCUT2D eigenvalue weighted by Crippen LogP contribution is -2.02. The van der Waals surface area contributed by atoms with Crippen molar-refractivity contribution in [2.24, 2.45) is 0 Å². The molecule has 2 N–H and O–H groups in total. The van der Waals surface area contributed by atoms with Gasteiger partial charge < -0.3 is 10.6 Å². The second kappa shape index (κ2) is 5.15. The van der Waals surface area contributed by atoms with Crippen LogP contribution in [0.4, 0.5) is 17.3 Å². The third-order valence-electron chi connectivity index (χ3n) is 2.60. The maximum Gasteiger partial charge on any atom is 0.138 e. The molecule has 0 aliphatic heterocycles. The monoisotopic (exact) mass is 239 g/mol. The minimum Gasteiger partial charge on any atom is -0.373 e. The average molecular weight is 239 g/mol. The summed E-state index contributed by atoms with van der Waals surface area (Å²) in [6.45, 7) is 1.94. The lowest BCUT2D eigenvalue weighted by molar-refractivity contribution is 1.12. The van der Waals surface area contributed by atoms with Crippen LogP contribution in [0.1, 0.15) is 11.1 Å². The first-order valence-corrected chi connectivity index (χ1v) is 5.51. The summed E-state index contributed by atoms with van der Waals surface area (Å²) < 4.78 is 0. The molecule has 5 heteroatoms. The van der Waals surface area contributed by atoms with Gasteiger partial charge in [-0.3, -0.25) is 0 Å². The van der Waals surface area contributed by atoms with Crippen molar-refractivity contribution in [3.8, 4) is 6.07 Å². The summed E-state index contributed by atoms with van der Waals surface area (Å²) in [5, 5.41) is 14.9. The first-order chi connectivity index (χ1) is 8.74. The molecule has 1 aromatic heterocycles. The first-order valence-electron chi connectivity index (χ1n) is 5.51. The highest BCUT2D eigenvalue weighted by Crippen LogP contribution is 2.21. The minimum absolute atomic E-state index is 0.635. The highest BCUT2D eigenvalue weighted by atomic mass is 15.1. The van der Waals surface area contributed by atoms with E-state index in [4.69, 9.17) is 5.26 Å². The van der Waals surface area contributed by atoms with Crippen molar-refractivity contribution in [2.45, 2.75) is 6.92 Å². The molecule has 5 nitrogen and oxygen atoms in total. The molecule has 0 aliphatic carbocycles. The van der Waals surface area contributed by atoms with Gasteiger partial charge in [-0.05, 0) is 31.2 Å². The van der Waals surface area contributed by atoms with Gasteiger partial charge in [0, 0.05) is 18.3 Å². The van der Waals surface area contributed by atoms with Crippen LogP contribution in [-0.2, 0) is 0 Å². The molecule has 0 saturated carbocycles. The van der Waals surface area contributed by atoms with Gasteiger partial charge in [-0.25, -0.2) is 9.97 Å². The van der Waals surface area contributed by atoms with Gasteiger partial charge in [0.25, 0.3) is 0 Å². The fraction of sp³-hybridized carbons (Fsp3) is 0.154. The molecule has 18 heavy (non-hydrogen) atoms. The van der Waals surface area contributed by atoms with Crippen molar-refractivity contribution < 1.29 is 0 Å². The smallest absolute Gasteiger partial charge is 0.138 e. The highest BCUT2D eigenvalue weighted by Gasteiger charge is 2.05. The van der Waals surface area contributed by atoms with Crippen LogP contribution in [0.2, 0.25) is 0 Å². The Morgan fingerprint density at radius 3 is 2.39 bits per heavy atom. The molecule has 0 unspecified atom stereocenters. The second-order valence-corrected chi connectivity index (χ2v) is 3.76. The molecule has 0 radical (unpaired) electrons. The normalized spacial score (nSPS) is 9.61. The van der Waals surface area contributed by atoms with E-state index in [1.54, 1.807) is 12.1 Å². The van der Waals surface area contributed by atoms with Gasteiger partial charge in [0.15, 0.2) is 0 Å². The summed E-state index contributed by atoms with van der Waals surface area (Å²) in [5.41, 5.74) is 2.47. The number of aromatic nitrogens is 2. The molecule has 90 valence electrons. The third kappa shape index (κ3) is 2.38. The number of rotatable bonds is 3. The maximum absolute atomic E-state index is 8.73. The van der Waals surface area contributed by atoms with Crippen LogP contribution in [0.3, 0.4) is 0 Å². The molecule has 0 fully saturated rings. The largest absolute Gasteiger partial charge is 0.373 e. The van der Waals surface area contributed by atoms with E-state index in [2.05, 4.69) is 26.7 Å². The van der Waals surface area contributed by atoms with E-state index in [0.717, 1.165) is 22.9 Å². The number of nitriles is 1. The van der Waals surface area contributed by atoms with Crippen LogP contribution < -0.4 is 10.6 Å². The molecule has 0 amide bonds. The Morgan fingerprint density at radius 1 is 1.11 bits per heavy atom. The van der Waals surface area contributed by atoms with E-state index < -0.39 is 0 Å². The van der Waals surface area contributed by atoms with Crippen LogP contribution in [0.15, 0.2) is 30.6 Å². The number of nitrogens with zero attached hydrogens (tertiary/aromatic N) is 3. The van der Waals surface area contributed by atoms with Gasteiger partial charge in [0.2, 0.25) is 0 Å². The van der Waals surface area contributed by atoms with Gasteiger partial charge in [-0.15, -0.1) is 0 Å². The number of hydrogen-bond donors (Lipinski definition) is 2. The van der Waals surface area contributed by atoms with Crippen LogP contribution in [0, 0.1) is 18.3 Å². The van der Waals surface area contributed by atoms with E-state index >= 15 is 0 Å². The van der Waals surface area contributed by atoms with Crippen LogP contribution >= 0.6 is 0 Å². The van der Waals surface area contributed by atoms with Gasteiger partial charge in [0.05, 0.1) is 11.6 Å². The second-order valence-electron chi connectivity index (χ2n) is 3.76. The summed E-state index contributed by atoms with van der Waals surface area (Å²) in [6, 6.07) is 9.30. The van der Waals surface area contributed by atoms with E-state index in [9.17, 15) is 0 Å². The molecule has 1 aromatic carbocycles. The van der Waals surface area contributed by atoms with E-state index in [1.807, 2.05) is 26.1 Å². The lowest BCUT2D eigenvalue weighted by atomic mass is 10.2. The summed E-state index contributed by atoms with van der Waals surface area (Å²) >= 11 is 0. The zero-order valence-corrected chi connectivity index (χ0v) is 10.2. The van der Waals surface area contributed by atoms with Crippen LogP contribution in [0.5, 0.6) is 0 Å². The van der Waals surface area contributed by atoms with Gasteiger partial charge in [0.1, 0.15) is 18.0 Å². The molecule has 0 atom stereocenters. The molecule has 0 bridgehead atoms. The fourth-order valence-electron chi connectivity index (χ4n) is 1.59. The molecule has 0 aliphatic rings. The average Bonchev–Trinajstić information content (AvgIpc) is 2.42.